The lowest BCUT2D eigenvalue weighted by atomic mass is 10.1. The standard InChI is InChI=1S/C19H25N3O3/c1-2-21-8-7-14-5-6-15(12-16(14)21)20-19(23)22-9-11-25-18(13-22)17-4-3-10-24-17/h5-8,12,17-18H,2-4,9-11,13H2,1H3,(H,20,23)/t17-,18+/m1/s1. The molecule has 0 bridgehead atoms. The third-order valence-corrected chi connectivity index (χ3v) is 5.13. The van der Waals surface area contributed by atoms with Crippen LogP contribution in [0.4, 0.5) is 10.5 Å². The van der Waals surface area contributed by atoms with Crippen LogP contribution in [0, 0.1) is 0 Å². The summed E-state index contributed by atoms with van der Waals surface area (Å²) in [5.74, 6) is 0. The molecule has 0 saturated carbocycles. The average Bonchev–Trinajstić information content (AvgIpc) is 3.31. The Morgan fingerprint density at radius 3 is 2.92 bits per heavy atom. The molecule has 134 valence electrons. The number of carbonyl (C=O) groups is 1. The molecule has 0 unspecified atom stereocenters. The Hall–Kier alpha value is -2.05. The normalized spacial score (nSPS) is 24.0. The SMILES string of the molecule is CCn1ccc2ccc(NC(=O)N3CCO[C@H]([C@H]4CCCO4)C3)cc21. The number of hydrogen-bond donors (Lipinski definition) is 1. The fourth-order valence-corrected chi connectivity index (χ4v) is 3.72. The third-order valence-electron chi connectivity index (χ3n) is 5.13. The summed E-state index contributed by atoms with van der Waals surface area (Å²) in [7, 11) is 0. The van der Waals surface area contributed by atoms with Crippen LogP contribution in [0.25, 0.3) is 10.9 Å². The van der Waals surface area contributed by atoms with Crippen LogP contribution in [-0.2, 0) is 16.0 Å². The Balaban J connectivity index is 1.44. The molecular formula is C19H25N3O3. The zero-order chi connectivity index (χ0) is 17.2. The molecule has 2 fully saturated rings. The average molecular weight is 343 g/mol. The first kappa shape index (κ1) is 16.4. The van der Waals surface area contributed by atoms with Gasteiger partial charge in [-0.25, -0.2) is 4.79 Å². The molecular weight excluding hydrogens is 318 g/mol. The van der Waals surface area contributed by atoms with Gasteiger partial charge in [0.05, 0.1) is 24.8 Å². The van der Waals surface area contributed by atoms with E-state index in [4.69, 9.17) is 9.47 Å². The Morgan fingerprint density at radius 1 is 1.24 bits per heavy atom. The van der Waals surface area contributed by atoms with Crippen LogP contribution in [0.5, 0.6) is 0 Å². The smallest absolute Gasteiger partial charge is 0.322 e. The lowest BCUT2D eigenvalue weighted by Gasteiger charge is -2.35. The first-order valence-electron chi connectivity index (χ1n) is 9.12. The molecule has 6 heteroatoms. The molecule has 3 heterocycles. The molecule has 25 heavy (non-hydrogen) atoms. The molecule has 4 rings (SSSR count). The summed E-state index contributed by atoms with van der Waals surface area (Å²) in [5.41, 5.74) is 1.96. The monoisotopic (exact) mass is 343 g/mol. The van der Waals surface area contributed by atoms with Gasteiger partial charge in [0.2, 0.25) is 0 Å². The van der Waals surface area contributed by atoms with E-state index < -0.39 is 0 Å². The zero-order valence-corrected chi connectivity index (χ0v) is 14.6. The summed E-state index contributed by atoms with van der Waals surface area (Å²) in [5, 5.41) is 4.22. The highest BCUT2D eigenvalue weighted by Gasteiger charge is 2.32. The highest BCUT2D eigenvalue weighted by molar-refractivity contribution is 5.93. The molecule has 0 radical (unpaired) electrons. The van der Waals surface area contributed by atoms with E-state index in [0.717, 1.165) is 37.2 Å². The molecule has 2 aliphatic heterocycles. The van der Waals surface area contributed by atoms with Crippen LogP contribution in [0.3, 0.4) is 0 Å². The number of aryl methyl sites for hydroxylation is 1. The molecule has 0 aliphatic carbocycles. The highest BCUT2D eigenvalue weighted by Crippen LogP contribution is 2.23. The zero-order valence-electron chi connectivity index (χ0n) is 14.6. The fraction of sp³-hybridized carbons (Fsp3) is 0.526. The maximum absolute atomic E-state index is 12.7. The van der Waals surface area contributed by atoms with E-state index in [2.05, 4.69) is 29.1 Å². The lowest BCUT2D eigenvalue weighted by molar-refractivity contribution is -0.0839. The second kappa shape index (κ2) is 7.06. The van der Waals surface area contributed by atoms with E-state index in [0.29, 0.717) is 19.7 Å². The van der Waals surface area contributed by atoms with Gasteiger partial charge in [-0.05, 0) is 43.4 Å². The molecule has 0 spiro atoms. The van der Waals surface area contributed by atoms with Crippen LogP contribution in [0.15, 0.2) is 30.5 Å². The first-order valence-corrected chi connectivity index (χ1v) is 9.12. The molecule has 2 saturated heterocycles. The van der Waals surface area contributed by atoms with Gasteiger partial charge in [-0.3, -0.25) is 0 Å². The van der Waals surface area contributed by atoms with Crippen LogP contribution >= 0.6 is 0 Å². The van der Waals surface area contributed by atoms with E-state index in [-0.39, 0.29) is 18.2 Å². The van der Waals surface area contributed by atoms with Crippen LogP contribution in [-0.4, -0.2) is 54.0 Å². The number of fused-ring (bicyclic) bond motifs is 1. The molecule has 1 aromatic heterocycles. The minimum absolute atomic E-state index is 0.0122. The van der Waals surface area contributed by atoms with Gasteiger partial charge in [-0.15, -0.1) is 0 Å². The van der Waals surface area contributed by atoms with E-state index in [1.165, 1.54) is 5.39 Å². The van der Waals surface area contributed by atoms with Crippen molar-refractivity contribution in [2.45, 2.75) is 38.5 Å². The summed E-state index contributed by atoms with van der Waals surface area (Å²) in [6.07, 6.45) is 4.28. The number of amides is 2. The van der Waals surface area contributed by atoms with Gasteiger partial charge in [0.25, 0.3) is 0 Å². The van der Waals surface area contributed by atoms with Gasteiger partial charge in [-0.1, -0.05) is 6.07 Å². The highest BCUT2D eigenvalue weighted by atomic mass is 16.5. The number of aromatic nitrogens is 1. The van der Waals surface area contributed by atoms with Crippen molar-refractivity contribution >= 4 is 22.6 Å². The third kappa shape index (κ3) is 3.37. The van der Waals surface area contributed by atoms with Crippen molar-refractivity contribution in [3.63, 3.8) is 0 Å². The van der Waals surface area contributed by atoms with Crippen molar-refractivity contribution in [3.05, 3.63) is 30.5 Å². The van der Waals surface area contributed by atoms with Crippen molar-refractivity contribution in [2.75, 3.05) is 31.6 Å². The van der Waals surface area contributed by atoms with Crippen molar-refractivity contribution < 1.29 is 14.3 Å². The topological polar surface area (TPSA) is 55.7 Å². The van der Waals surface area contributed by atoms with E-state index >= 15 is 0 Å². The fourth-order valence-electron chi connectivity index (χ4n) is 3.72. The van der Waals surface area contributed by atoms with Gasteiger partial charge in [0.1, 0.15) is 6.10 Å². The summed E-state index contributed by atoms with van der Waals surface area (Å²) < 4.78 is 13.7. The number of urea groups is 1. The number of anilines is 1. The first-order chi connectivity index (χ1) is 12.2. The molecule has 2 amide bonds. The van der Waals surface area contributed by atoms with Gasteiger partial charge in [0.15, 0.2) is 0 Å². The van der Waals surface area contributed by atoms with Crippen molar-refractivity contribution in [1.29, 1.82) is 0 Å². The molecule has 6 nitrogen and oxygen atoms in total. The van der Waals surface area contributed by atoms with Gasteiger partial charge in [0, 0.05) is 31.6 Å². The Bertz CT molecular complexity index is 751. The summed E-state index contributed by atoms with van der Waals surface area (Å²) in [6, 6.07) is 8.07. The Kier molecular flexibility index (Phi) is 4.63. The number of carbonyl (C=O) groups excluding carboxylic acids is 1. The summed E-state index contributed by atoms with van der Waals surface area (Å²) in [6.45, 7) is 5.59. The van der Waals surface area contributed by atoms with E-state index in [1.54, 1.807) is 0 Å². The maximum Gasteiger partial charge on any atom is 0.322 e. The predicted octanol–water partition coefficient (Wildman–Crippen LogP) is 3.07. The number of benzene rings is 1. The lowest BCUT2D eigenvalue weighted by Crippen LogP contribution is -2.51. The molecule has 1 N–H and O–H groups in total. The quantitative estimate of drug-likeness (QED) is 0.932. The van der Waals surface area contributed by atoms with Crippen LogP contribution < -0.4 is 5.32 Å². The second-order valence-electron chi connectivity index (χ2n) is 6.71. The van der Waals surface area contributed by atoms with E-state index in [1.807, 2.05) is 23.1 Å². The Morgan fingerprint density at radius 2 is 2.12 bits per heavy atom. The molecule has 2 aromatic rings. The van der Waals surface area contributed by atoms with Crippen LogP contribution in [0.1, 0.15) is 19.8 Å². The van der Waals surface area contributed by atoms with Crippen molar-refractivity contribution in [3.8, 4) is 0 Å². The number of ether oxygens (including phenoxy) is 2. The largest absolute Gasteiger partial charge is 0.375 e. The Labute approximate surface area is 147 Å². The van der Waals surface area contributed by atoms with Crippen molar-refractivity contribution in [1.82, 2.24) is 9.47 Å². The molecule has 2 aliphatic rings. The van der Waals surface area contributed by atoms with Crippen molar-refractivity contribution in [2.24, 2.45) is 0 Å². The number of morpholine rings is 1. The summed E-state index contributed by atoms with van der Waals surface area (Å²) in [4.78, 5) is 14.5. The van der Waals surface area contributed by atoms with E-state index in [9.17, 15) is 4.79 Å². The number of hydrogen-bond acceptors (Lipinski definition) is 3. The number of rotatable bonds is 3. The molecule has 1 aromatic carbocycles. The second-order valence-corrected chi connectivity index (χ2v) is 6.71. The number of nitrogens with one attached hydrogen (secondary N) is 1. The maximum atomic E-state index is 12.7. The predicted molar refractivity (Wildman–Crippen MR) is 96.9 cm³/mol. The summed E-state index contributed by atoms with van der Waals surface area (Å²) >= 11 is 0. The molecule has 2 atom stereocenters. The van der Waals surface area contributed by atoms with Gasteiger partial charge >= 0.3 is 6.03 Å². The number of nitrogens with zero attached hydrogens (tertiary/aromatic N) is 2. The van der Waals surface area contributed by atoms with Crippen LogP contribution in [0.2, 0.25) is 0 Å². The minimum Gasteiger partial charge on any atom is -0.375 e. The van der Waals surface area contributed by atoms with Gasteiger partial charge in [-0.2, -0.15) is 0 Å². The minimum atomic E-state index is -0.0692. The van der Waals surface area contributed by atoms with Gasteiger partial charge < -0.3 is 24.3 Å².